The Labute approximate surface area is 152 Å². The van der Waals surface area contributed by atoms with E-state index >= 15 is 0 Å². The SMILES string of the molecule is CCc1ccc(N2C(=S)NC(c3ccccn3)C2c2ccc[nH]2)cc1. The Morgan fingerprint density at radius 3 is 2.56 bits per heavy atom. The van der Waals surface area contributed by atoms with Crippen LogP contribution in [0.2, 0.25) is 0 Å². The molecule has 0 bridgehead atoms. The van der Waals surface area contributed by atoms with Crippen molar-refractivity contribution in [2.75, 3.05) is 4.90 Å². The number of pyridine rings is 1. The van der Waals surface area contributed by atoms with Crippen LogP contribution in [0, 0.1) is 0 Å². The number of nitrogens with one attached hydrogen (secondary N) is 2. The molecule has 25 heavy (non-hydrogen) atoms. The summed E-state index contributed by atoms with van der Waals surface area (Å²) in [6, 6.07) is 18.7. The first kappa shape index (κ1) is 15.8. The molecule has 1 aliphatic rings. The molecular weight excluding hydrogens is 328 g/mol. The second-order valence-electron chi connectivity index (χ2n) is 6.14. The molecule has 2 unspecified atom stereocenters. The Bertz CT molecular complexity index is 843. The van der Waals surface area contributed by atoms with Gasteiger partial charge in [0.1, 0.15) is 6.04 Å². The number of nitrogens with zero attached hydrogens (tertiary/aromatic N) is 2. The van der Waals surface area contributed by atoms with Crippen LogP contribution in [0.25, 0.3) is 0 Å². The predicted octanol–water partition coefficient (Wildman–Crippen LogP) is 4.15. The molecule has 1 saturated heterocycles. The molecule has 126 valence electrons. The molecule has 4 nitrogen and oxygen atoms in total. The van der Waals surface area contributed by atoms with Crippen LogP contribution < -0.4 is 10.2 Å². The van der Waals surface area contributed by atoms with E-state index in [1.807, 2.05) is 36.7 Å². The molecule has 2 aromatic heterocycles. The first-order valence-corrected chi connectivity index (χ1v) is 8.91. The van der Waals surface area contributed by atoms with E-state index < -0.39 is 0 Å². The number of aromatic amines is 1. The third-order valence-corrected chi connectivity index (χ3v) is 4.98. The van der Waals surface area contributed by atoms with E-state index in [0.29, 0.717) is 0 Å². The zero-order valence-electron chi connectivity index (χ0n) is 14.0. The van der Waals surface area contributed by atoms with Crippen molar-refractivity contribution in [2.45, 2.75) is 25.4 Å². The number of aryl methyl sites for hydroxylation is 1. The van der Waals surface area contributed by atoms with Gasteiger partial charge in [0.15, 0.2) is 5.11 Å². The fourth-order valence-corrected chi connectivity index (χ4v) is 3.72. The molecule has 3 heterocycles. The molecule has 0 aliphatic carbocycles. The van der Waals surface area contributed by atoms with Gasteiger partial charge in [0.25, 0.3) is 0 Å². The summed E-state index contributed by atoms with van der Waals surface area (Å²) in [5.41, 5.74) is 4.51. The Hall–Kier alpha value is -2.66. The number of thiocarbonyl (C=S) groups is 1. The van der Waals surface area contributed by atoms with Gasteiger partial charge in [-0.2, -0.15) is 0 Å². The molecule has 4 rings (SSSR count). The monoisotopic (exact) mass is 348 g/mol. The molecule has 0 radical (unpaired) electrons. The smallest absolute Gasteiger partial charge is 0.174 e. The van der Waals surface area contributed by atoms with Gasteiger partial charge in [0, 0.05) is 23.8 Å². The maximum Gasteiger partial charge on any atom is 0.174 e. The van der Waals surface area contributed by atoms with Crippen LogP contribution in [-0.4, -0.2) is 15.1 Å². The minimum absolute atomic E-state index is 0.00167. The van der Waals surface area contributed by atoms with E-state index in [4.69, 9.17) is 12.2 Å². The number of hydrogen-bond acceptors (Lipinski definition) is 2. The molecule has 1 aliphatic heterocycles. The van der Waals surface area contributed by atoms with Crippen molar-refractivity contribution in [1.29, 1.82) is 0 Å². The second kappa shape index (κ2) is 6.69. The molecule has 1 aromatic carbocycles. The van der Waals surface area contributed by atoms with Crippen molar-refractivity contribution in [2.24, 2.45) is 0 Å². The van der Waals surface area contributed by atoms with Crippen molar-refractivity contribution in [3.8, 4) is 0 Å². The Kier molecular flexibility index (Phi) is 4.24. The molecule has 0 amide bonds. The zero-order chi connectivity index (χ0) is 17.2. The molecule has 5 heteroatoms. The summed E-state index contributed by atoms with van der Waals surface area (Å²) in [5.74, 6) is 0. The molecule has 1 fully saturated rings. The quantitative estimate of drug-likeness (QED) is 0.695. The van der Waals surface area contributed by atoms with Gasteiger partial charge in [-0.1, -0.05) is 25.1 Å². The van der Waals surface area contributed by atoms with E-state index in [0.717, 1.165) is 28.6 Å². The lowest BCUT2D eigenvalue weighted by Gasteiger charge is -2.27. The zero-order valence-corrected chi connectivity index (χ0v) is 14.8. The molecule has 2 N–H and O–H groups in total. The maximum atomic E-state index is 5.68. The van der Waals surface area contributed by atoms with Crippen LogP contribution in [0.1, 0.15) is 36.0 Å². The van der Waals surface area contributed by atoms with Crippen molar-refractivity contribution in [3.63, 3.8) is 0 Å². The predicted molar refractivity (Wildman–Crippen MR) is 105 cm³/mol. The van der Waals surface area contributed by atoms with Crippen LogP contribution >= 0.6 is 12.2 Å². The number of H-pyrrole nitrogens is 1. The molecule has 2 atom stereocenters. The number of hydrogen-bond donors (Lipinski definition) is 2. The molecular formula is C20H20N4S. The fraction of sp³-hybridized carbons (Fsp3) is 0.200. The first-order valence-electron chi connectivity index (χ1n) is 8.51. The number of aromatic nitrogens is 2. The standard InChI is InChI=1S/C20H20N4S/c1-2-14-8-10-15(11-9-14)24-19(17-7-5-13-22-17)18(23-20(24)25)16-6-3-4-12-21-16/h3-13,18-19,22H,2H2,1H3,(H,23,25). The highest BCUT2D eigenvalue weighted by molar-refractivity contribution is 7.80. The van der Waals surface area contributed by atoms with Crippen LogP contribution in [0.15, 0.2) is 67.0 Å². The van der Waals surface area contributed by atoms with E-state index in [1.54, 1.807) is 0 Å². The third kappa shape index (κ3) is 2.91. The van der Waals surface area contributed by atoms with Gasteiger partial charge in [-0.15, -0.1) is 0 Å². The molecule has 0 saturated carbocycles. The number of benzene rings is 1. The average Bonchev–Trinajstić information content (AvgIpc) is 3.30. The minimum Gasteiger partial charge on any atom is -0.363 e. The van der Waals surface area contributed by atoms with Gasteiger partial charge in [-0.3, -0.25) is 4.98 Å². The van der Waals surface area contributed by atoms with E-state index in [9.17, 15) is 0 Å². The highest BCUT2D eigenvalue weighted by Gasteiger charge is 2.41. The summed E-state index contributed by atoms with van der Waals surface area (Å²) in [7, 11) is 0. The van der Waals surface area contributed by atoms with Crippen LogP contribution in [-0.2, 0) is 6.42 Å². The van der Waals surface area contributed by atoms with Crippen molar-refractivity contribution in [1.82, 2.24) is 15.3 Å². The van der Waals surface area contributed by atoms with Gasteiger partial charge in [0.2, 0.25) is 0 Å². The largest absolute Gasteiger partial charge is 0.363 e. The highest BCUT2D eigenvalue weighted by atomic mass is 32.1. The summed E-state index contributed by atoms with van der Waals surface area (Å²) < 4.78 is 0. The Balaban J connectivity index is 1.77. The summed E-state index contributed by atoms with van der Waals surface area (Å²) in [6.07, 6.45) is 4.80. The Morgan fingerprint density at radius 2 is 1.92 bits per heavy atom. The summed E-state index contributed by atoms with van der Waals surface area (Å²) in [6.45, 7) is 2.16. The van der Waals surface area contributed by atoms with Crippen molar-refractivity contribution in [3.05, 3.63) is 83.9 Å². The van der Waals surface area contributed by atoms with Crippen molar-refractivity contribution >= 4 is 23.0 Å². The average molecular weight is 348 g/mol. The van der Waals surface area contributed by atoms with Gasteiger partial charge in [0.05, 0.1) is 11.7 Å². The second-order valence-corrected chi connectivity index (χ2v) is 6.53. The first-order chi connectivity index (χ1) is 12.3. The minimum atomic E-state index is -0.00167. The van der Waals surface area contributed by atoms with E-state index in [-0.39, 0.29) is 12.1 Å². The lowest BCUT2D eigenvalue weighted by Crippen LogP contribution is -2.29. The molecule has 0 spiro atoms. The van der Waals surface area contributed by atoms with E-state index in [2.05, 4.69) is 57.4 Å². The summed E-state index contributed by atoms with van der Waals surface area (Å²) in [5, 5.41) is 4.18. The fourth-order valence-electron chi connectivity index (χ4n) is 3.37. The van der Waals surface area contributed by atoms with Gasteiger partial charge >= 0.3 is 0 Å². The number of anilines is 1. The molecule has 3 aromatic rings. The lowest BCUT2D eigenvalue weighted by molar-refractivity contribution is 0.558. The van der Waals surface area contributed by atoms with Crippen LogP contribution in [0.5, 0.6) is 0 Å². The lowest BCUT2D eigenvalue weighted by atomic mass is 10.0. The Morgan fingerprint density at radius 1 is 1.08 bits per heavy atom. The van der Waals surface area contributed by atoms with E-state index in [1.165, 1.54) is 5.56 Å². The highest BCUT2D eigenvalue weighted by Crippen LogP contribution is 2.40. The van der Waals surface area contributed by atoms with Crippen LogP contribution in [0.3, 0.4) is 0 Å². The third-order valence-electron chi connectivity index (χ3n) is 4.66. The summed E-state index contributed by atoms with van der Waals surface area (Å²) in [4.78, 5) is 10.1. The normalized spacial score (nSPS) is 19.9. The van der Waals surface area contributed by atoms with Crippen molar-refractivity contribution < 1.29 is 0 Å². The van der Waals surface area contributed by atoms with Crippen LogP contribution in [0.4, 0.5) is 5.69 Å². The van der Waals surface area contributed by atoms with Gasteiger partial charge in [-0.25, -0.2) is 0 Å². The van der Waals surface area contributed by atoms with Gasteiger partial charge < -0.3 is 15.2 Å². The topological polar surface area (TPSA) is 44.0 Å². The maximum absolute atomic E-state index is 5.68. The summed E-state index contributed by atoms with van der Waals surface area (Å²) >= 11 is 5.68. The van der Waals surface area contributed by atoms with Gasteiger partial charge in [-0.05, 0) is 60.6 Å². The number of rotatable bonds is 4.